The molecule has 20 heavy (non-hydrogen) atoms. The van der Waals surface area contributed by atoms with Gasteiger partial charge in [0.05, 0.1) is 11.6 Å². The van der Waals surface area contributed by atoms with E-state index in [4.69, 9.17) is 11.6 Å². The first kappa shape index (κ1) is 15.5. The number of hydrogen-bond donors (Lipinski definition) is 0. The average Bonchev–Trinajstić information content (AvgIpc) is 2.41. The maximum absolute atomic E-state index is 12.3. The van der Waals surface area contributed by atoms with Gasteiger partial charge in [0, 0.05) is 38.3 Å². The van der Waals surface area contributed by atoms with Crippen molar-refractivity contribution in [3.05, 3.63) is 34.9 Å². The van der Waals surface area contributed by atoms with Crippen LogP contribution < -0.4 is 0 Å². The van der Waals surface area contributed by atoms with Crippen molar-refractivity contribution >= 4 is 17.4 Å². The van der Waals surface area contributed by atoms with Crippen molar-refractivity contribution in [3.63, 3.8) is 0 Å². The number of nitrogens with zero attached hydrogens (tertiary/aromatic N) is 2. The fourth-order valence-electron chi connectivity index (χ4n) is 2.62. The summed E-state index contributed by atoms with van der Waals surface area (Å²) in [6.45, 7) is 10.1. The Kier molecular flexibility index (Phi) is 5.58. The molecule has 1 aliphatic rings. The zero-order chi connectivity index (χ0) is 14.5. The summed E-state index contributed by atoms with van der Waals surface area (Å²) in [4.78, 5) is 17.0. The van der Waals surface area contributed by atoms with Gasteiger partial charge in [-0.3, -0.25) is 9.69 Å². The van der Waals surface area contributed by atoms with Crippen LogP contribution in [-0.2, 0) is 0 Å². The van der Waals surface area contributed by atoms with Crippen LogP contribution in [0, 0.1) is 5.92 Å². The van der Waals surface area contributed by atoms with Crippen LogP contribution in [0.25, 0.3) is 0 Å². The van der Waals surface area contributed by atoms with Crippen molar-refractivity contribution in [2.24, 2.45) is 5.92 Å². The summed E-state index contributed by atoms with van der Waals surface area (Å²) < 4.78 is 0. The summed E-state index contributed by atoms with van der Waals surface area (Å²) in [5.41, 5.74) is 0.638. The first-order chi connectivity index (χ1) is 9.56. The van der Waals surface area contributed by atoms with Gasteiger partial charge in [-0.2, -0.15) is 0 Å². The molecular weight excluding hydrogens is 272 g/mol. The summed E-state index contributed by atoms with van der Waals surface area (Å²) in [5.74, 6) is 0.819. The Labute approximate surface area is 126 Å². The molecule has 0 unspecified atom stereocenters. The highest BCUT2D eigenvalue weighted by molar-refractivity contribution is 6.34. The van der Waals surface area contributed by atoms with Crippen LogP contribution in [0.4, 0.5) is 0 Å². The van der Waals surface area contributed by atoms with Crippen LogP contribution in [-0.4, -0.2) is 54.9 Å². The van der Waals surface area contributed by atoms with Crippen LogP contribution in [0.5, 0.6) is 0 Å². The van der Waals surface area contributed by atoms with E-state index in [0.717, 1.165) is 32.7 Å². The van der Waals surface area contributed by atoms with E-state index in [2.05, 4.69) is 23.6 Å². The summed E-state index contributed by atoms with van der Waals surface area (Å²) in [6, 6.07) is 7.29. The molecule has 1 saturated heterocycles. The number of rotatable bonds is 5. The molecular formula is C16H23ClN2O. The quantitative estimate of drug-likeness (QED) is 0.780. The Bertz CT molecular complexity index is 454. The van der Waals surface area contributed by atoms with Gasteiger partial charge in [0.1, 0.15) is 0 Å². The van der Waals surface area contributed by atoms with E-state index in [1.165, 1.54) is 0 Å². The highest BCUT2D eigenvalue weighted by Crippen LogP contribution is 2.16. The Hall–Kier alpha value is -0.900. The molecule has 0 aromatic heterocycles. The number of hydrogen-bond acceptors (Lipinski definition) is 3. The summed E-state index contributed by atoms with van der Waals surface area (Å²) >= 11 is 6.07. The second-order valence-electron chi connectivity index (χ2n) is 5.87. The SMILES string of the molecule is CC(C)CN1CCN(CC(=O)c2ccccc2Cl)CC1. The van der Waals surface area contributed by atoms with Gasteiger partial charge in [0.15, 0.2) is 5.78 Å². The maximum Gasteiger partial charge on any atom is 0.178 e. The molecule has 0 spiro atoms. The molecule has 0 aliphatic carbocycles. The van der Waals surface area contributed by atoms with Crippen molar-refractivity contribution in [2.45, 2.75) is 13.8 Å². The Morgan fingerprint density at radius 2 is 1.75 bits per heavy atom. The smallest absolute Gasteiger partial charge is 0.178 e. The van der Waals surface area contributed by atoms with E-state index >= 15 is 0 Å². The molecule has 1 fully saturated rings. The number of ketones is 1. The molecule has 1 heterocycles. The highest BCUT2D eigenvalue weighted by atomic mass is 35.5. The lowest BCUT2D eigenvalue weighted by atomic mass is 10.1. The minimum Gasteiger partial charge on any atom is -0.301 e. The Morgan fingerprint density at radius 3 is 2.35 bits per heavy atom. The lowest BCUT2D eigenvalue weighted by Gasteiger charge is -2.35. The van der Waals surface area contributed by atoms with Gasteiger partial charge in [0.25, 0.3) is 0 Å². The second-order valence-corrected chi connectivity index (χ2v) is 6.28. The molecule has 1 aromatic carbocycles. The zero-order valence-electron chi connectivity index (χ0n) is 12.3. The zero-order valence-corrected chi connectivity index (χ0v) is 13.1. The molecule has 2 rings (SSSR count). The first-order valence-corrected chi connectivity index (χ1v) is 7.66. The molecule has 0 bridgehead atoms. The molecule has 3 nitrogen and oxygen atoms in total. The predicted molar refractivity (Wildman–Crippen MR) is 83.5 cm³/mol. The van der Waals surface area contributed by atoms with Gasteiger partial charge in [-0.15, -0.1) is 0 Å². The van der Waals surface area contributed by atoms with Crippen molar-refractivity contribution in [1.29, 1.82) is 0 Å². The van der Waals surface area contributed by atoms with Gasteiger partial charge in [-0.25, -0.2) is 0 Å². The van der Waals surface area contributed by atoms with Crippen LogP contribution >= 0.6 is 11.6 Å². The third-order valence-corrected chi connectivity index (χ3v) is 3.96. The molecule has 0 atom stereocenters. The van der Waals surface area contributed by atoms with Crippen molar-refractivity contribution in [2.75, 3.05) is 39.3 Å². The van der Waals surface area contributed by atoms with Crippen LogP contribution in [0.3, 0.4) is 0 Å². The second kappa shape index (κ2) is 7.21. The maximum atomic E-state index is 12.3. The van der Waals surface area contributed by atoms with E-state index in [0.29, 0.717) is 23.0 Å². The summed E-state index contributed by atoms with van der Waals surface area (Å²) in [7, 11) is 0. The number of halogens is 1. The third-order valence-electron chi connectivity index (χ3n) is 3.63. The predicted octanol–water partition coefficient (Wildman–Crippen LogP) is 2.80. The molecule has 0 N–H and O–H groups in total. The molecule has 110 valence electrons. The van der Waals surface area contributed by atoms with Gasteiger partial charge in [-0.1, -0.05) is 37.6 Å². The topological polar surface area (TPSA) is 23.6 Å². The minimum absolute atomic E-state index is 0.118. The molecule has 1 aromatic rings. The third kappa shape index (κ3) is 4.30. The fourth-order valence-corrected chi connectivity index (χ4v) is 2.86. The van der Waals surface area contributed by atoms with Crippen LogP contribution in [0.2, 0.25) is 5.02 Å². The van der Waals surface area contributed by atoms with Gasteiger partial charge in [0.2, 0.25) is 0 Å². The Morgan fingerprint density at radius 1 is 1.15 bits per heavy atom. The molecule has 4 heteroatoms. The minimum atomic E-state index is 0.118. The lowest BCUT2D eigenvalue weighted by molar-refractivity contribution is 0.0837. The normalized spacial score (nSPS) is 17.6. The molecule has 1 aliphatic heterocycles. The van der Waals surface area contributed by atoms with E-state index in [1.807, 2.05) is 12.1 Å². The summed E-state index contributed by atoms with van der Waals surface area (Å²) in [5, 5.41) is 0.552. The number of carbonyl (C=O) groups is 1. The molecule has 0 amide bonds. The summed E-state index contributed by atoms with van der Waals surface area (Å²) in [6.07, 6.45) is 0. The van der Waals surface area contributed by atoms with Crippen LogP contribution in [0.1, 0.15) is 24.2 Å². The van der Waals surface area contributed by atoms with Gasteiger partial charge in [-0.05, 0) is 18.1 Å². The highest BCUT2D eigenvalue weighted by Gasteiger charge is 2.20. The van der Waals surface area contributed by atoms with E-state index in [-0.39, 0.29) is 5.78 Å². The lowest BCUT2D eigenvalue weighted by Crippen LogP contribution is -2.48. The standard InChI is InChI=1S/C16H23ClN2O/c1-13(2)11-18-7-9-19(10-8-18)12-16(20)14-5-3-4-6-15(14)17/h3-6,13H,7-12H2,1-2H3. The number of Topliss-reactive ketones (excluding diaryl/α,β-unsaturated/α-hetero) is 1. The van der Waals surface area contributed by atoms with E-state index in [9.17, 15) is 4.79 Å². The van der Waals surface area contributed by atoms with Crippen molar-refractivity contribution < 1.29 is 4.79 Å². The molecule has 0 radical (unpaired) electrons. The number of piperazine rings is 1. The van der Waals surface area contributed by atoms with Crippen molar-refractivity contribution in [3.8, 4) is 0 Å². The van der Waals surface area contributed by atoms with E-state index < -0.39 is 0 Å². The van der Waals surface area contributed by atoms with E-state index in [1.54, 1.807) is 12.1 Å². The first-order valence-electron chi connectivity index (χ1n) is 7.28. The number of carbonyl (C=O) groups excluding carboxylic acids is 1. The molecule has 0 saturated carbocycles. The largest absolute Gasteiger partial charge is 0.301 e. The van der Waals surface area contributed by atoms with Crippen LogP contribution in [0.15, 0.2) is 24.3 Å². The fraction of sp³-hybridized carbons (Fsp3) is 0.562. The monoisotopic (exact) mass is 294 g/mol. The number of benzene rings is 1. The average molecular weight is 295 g/mol. The van der Waals surface area contributed by atoms with Gasteiger partial charge >= 0.3 is 0 Å². The Balaban J connectivity index is 1.84. The van der Waals surface area contributed by atoms with Gasteiger partial charge < -0.3 is 4.90 Å². The van der Waals surface area contributed by atoms with Crippen molar-refractivity contribution in [1.82, 2.24) is 9.80 Å².